The topological polar surface area (TPSA) is 68.3 Å². The summed E-state index contributed by atoms with van der Waals surface area (Å²) >= 11 is 11.5. The van der Waals surface area contributed by atoms with Crippen molar-refractivity contribution in [2.45, 2.75) is 6.61 Å². The smallest absolute Gasteiger partial charge is 0.325 e. The van der Waals surface area contributed by atoms with Gasteiger partial charge in [0.05, 0.1) is 19.9 Å². The maximum absolute atomic E-state index is 14.0. The molecule has 0 unspecified atom stereocenters. The van der Waals surface area contributed by atoms with E-state index in [-0.39, 0.29) is 29.8 Å². The van der Waals surface area contributed by atoms with E-state index in [1.165, 1.54) is 30.1 Å². The molecule has 0 saturated carbocycles. The molecule has 10 heteroatoms. The third-order valence-corrected chi connectivity index (χ3v) is 6.22. The molecule has 3 aromatic carbocycles. The quantitative estimate of drug-likeness (QED) is 0.220. The normalized spacial score (nSPS) is 14.3. The number of rotatable bonds is 8. The SMILES string of the molecule is COC(=O)CN1C(=S)N(c2ccc(Cl)cc2)C(=O)/C1=C/c1ccc(OCc2ccccc2F)c(OC)c1. The van der Waals surface area contributed by atoms with Gasteiger partial charge in [-0.15, -0.1) is 0 Å². The van der Waals surface area contributed by atoms with Crippen molar-refractivity contribution in [1.82, 2.24) is 4.90 Å². The van der Waals surface area contributed by atoms with Gasteiger partial charge in [0.25, 0.3) is 5.91 Å². The van der Waals surface area contributed by atoms with Crippen molar-refractivity contribution in [1.29, 1.82) is 0 Å². The Balaban J connectivity index is 1.65. The van der Waals surface area contributed by atoms with Crippen molar-refractivity contribution >= 4 is 52.6 Å². The molecular formula is C27H22ClFN2O5S. The highest BCUT2D eigenvalue weighted by Gasteiger charge is 2.40. The fourth-order valence-corrected chi connectivity index (χ4v) is 4.14. The minimum Gasteiger partial charge on any atom is -0.493 e. The van der Waals surface area contributed by atoms with E-state index in [9.17, 15) is 14.0 Å². The van der Waals surface area contributed by atoms with E-state index in [0.717, 1.165) is 0 Å². The third-order valence-electron chi connectivity index (χ3n) is 5.57. The number of nitrogens with zero attached hydrogens (tertiary/aromatic N) is 2. The summed E-state index contributed by atoms with van der Waals surface area (Å²) < 4.78 is 30.0. The maximum Gasteiger partial charge on any atom is 0.325 e. The highest BCUT2D eigenvalue weighted by molar-refractivity contribution is 7.80. The van der Waals surface area contributed by atoms with E-state index in [1.54, 1.807) is 66.7 Å². The molecular weight excluding hydrogens is 519 g/mol. The zero-order valence-corrected chi connectivity index (χ0v) is 21.5. The molecule has 7 nitrogen and oxygen atoms in total. The van der Waals surface area contributed by atoms with Gasteiger partial charge in [0.1, 0.15) is 24.7 Å². The number of carbonyl (C=O) groups is 2. The van der Waals surface area contributed by atoms with Crippen molar-refractivity contribution in [3.05, 3.63) is 94.4 Å². The largest absolute Gasteiger partial charge is 0.493 e. The van der Waals surface area contributed by atoms with E-state index in [0.29, 0.717) is 33.3 Å². The summed E-state index contributed by atoms with van der Waals surface area (Å²) in [6, 6.07) is 18.0. The minimum atomic E-state index is -0.562. The summed E-state index contributed by atoms with van der Waals surface area (Å²) in [7, 11) is 2.73. The first-order valence-corrected chi connectivity index (χ1v) is 11.8. The van der Waals surface area contributed by atoms with E-state index in [4.69, 9.17) is 38.0 Å². The third kappa shape index (κ3) is 5.73. The molecule has 1 aliphatic rings. The molecule has 1 fully saturated rings. The number of anilines is 1. The van der Waals surface area contributed by atoms with Gasteiger partial charge in [-0.1, -0.05) is 35.9 Å². The molecule has 1 heterocycles. The average molecular weight is 541 g/mol. The number of hydrogen-bond acceptors (Lipinski definition) is 6. The molecule has 0 bridgehead atoms. The zero-order valence-electron chi connectivity index (χ0n) is 19.9. The van der Waals surface area contributed by atoms with Gasteiger partial charge in [0.15, 0.2) is 16.6 Å². The second-order valence-electron chi connectivity index (χ2n) is 7.88. The van der Waals surface area contributed by atoms with Gasteiger partial charge in [-0.05, 0) is 66.3 Å². The lowest BCUT2D eigenvalue weighted by Crippen LogP contribution is -2.35. The van der Waals surface area contributed by atoms with Crippen LogP contribution in [0.1, 0.15) is 11.1 Å². The lowest BCUT2D eigenvalue weighted by molar-refractivity contribution is -0.140. The molecule has 0 radical (unpaired) electrons. The summed E-state index contributed by atoms with van der Waals surface area (Å²) in [6.07, 6.45) is 1.59. The van der Waals surface area contributed by atoms with E-state index >= 15 is 0 Å². The van der Waals surface area contributed by atoms with Crippen LogP contribution in [0.4, 0.5) is 10.1 Å². The second kappa shape index (κ2) is 11.4. The van der Waals surface area contributed by atoms with Crippen LogP contribution in [0.3, 0.4) is 0 Å². The number of amides is 1. The van der Waals surface area contributed by atoms with Crippen LogP contribution < -0.4 is 14.4 Å². The van der Waals surface area contributed by atoms with Crippen molar-refractivity contribution in [3.8, 4) is 11.5 Å². The number of methoxy groups -OCH3 is 2. The summed E-state index contributed by atoms with van der Waals surface area (Å²) in [6.45, 7) is -0.239. The minimum absolute atomic E-state index is 0.0131. The van der Waals surface area contributed by atoms with E-state index in [2.05, 4.69) is 0 Å². The van der Waals surface area contributed by atoms with Crippen LogP contribution in [-0.4, -0.2) is 42.7 Å². The second-order valence-corrected chi connectivity index (χ2v) is 8.68. The molecule has 0 atom stereocenters. The maximum atomic E-state index is 14.0. The summed E-state index contributed by atoms with van der Waals surface area (Å²) in [5.41, 5.74) is 1.68. The van der Waals surface area contributed by atoms with Gasteiger partial charge < -0.3 is 19.1 Å². The summed E-state index contributed by atoms with van der Waals surface area (Å²) in [5.74, 6) is -0.568. The molecule has 1 saturated heterocycles. The van der Waals surface area contributed by atoms with Gasteiger partial charge >= 0.3 is 5.97 Å². The van der Waals surface area contributed by atoms with Gasteiger partial charge in [-0.25, -0.2) is 4.39 Å². The van der Waals surface area contributed by atoms with Crippen molar-refractivity contribution < 1.29 is 28.2 Å². The fourth-order valence-electron chi connectivity index (χ4n) is 3.67. The Hall–Kier alpha value is -3.95. The molecule has 4 rings (SSSR count). The number of benzene rings is 3. The van der Waals surface area contributed by atoms with Gasteiger partial charge in [-0.3, -0.25) is 14.5 Å². The van der Waals surface area contributed by atoms with Crippen LogP contribution in [0.15, 0.2) is 72.4 Å². The molecule has 0 N–H and O–H groups in total. The standard InChI is InChI=1S/C27H22ClFN2O5S/c1-34-24-14-17(7-12-23(24)36-16-18-5-3-4-6-21(18)29)13-22-26(33)31(20-10-8-19(28)9-11-20)27(37)30(22)15-25(32)35-2/h3-14H,15-16H2,1-2H3/b22-13-. The highest BCUT2D eigenvalue weighted by atomic mass is 35.5. The predicted molar refractivity (Wildman–Crippen MR) is 142 cm³/mol. The molecule has 1 amide bonds. The molecule has 190 valence electrons. The molecule has 3 aromatic rings. The van der Waals surface area contributed by atoms with E-state index < -0.39 is 11.9 Å². The Morgan fingerprint density at radius 3 is 2.46 bits per heavy atom. The Kier molecular flexibility index (Phi) is 8.05. The van der Waals surface area contributed by atoms with Crippen LogP contribution in [0.25, 0.3) is 6.08 Å². The van der Waals surface area contributed by atoms with Crippen LogP contribution in [0.2, 0.25) is 5.02 Å². The Morgan fingerprint density at radius 1 is 1.05 bits per heavy atom. The first kappa shape index (κ1) is 26.1. The zero-order chi connectivity index (χ0) is 26.5. The van der Waals surface area contributed by atoms with Crippen molar-refractivity contribution in [2.75, 3.05) is 25.7 Å². The molecule has 0 aliphatic carbocycles. The summed E-state index contributed by atoms with van der Waals surface area (Å²) in [5, 5.41) is 0.633. The van der Waals surface area contributed by atoms with Crippen LogP contribution in [0, 0.1) is 5.82 Å². The van der Waals surface area contributed by atoms with Crippen molar-refractivity contribution in [2.24, 2.45) is 0 Å². The first-order valence-electron chi connectivity index (χ1n) is 11.1. The molecule has 0 aromatic heterocycles. The molecule has 1 aliphatic heterocycles. The molecule has 37 heavy (non-hydrogen) atoms. The molecule has 0 spiro atoms. The number of halogens is 2. The number of carbonyl (C=O) groups excluding carboxylic acids is 2. The number of esters is 1. The van der Waals surface area contributed by atoms with Crippen LogP contribution in [-0.2, 0) is 20.9 Å². The number of ether oxygens (including phenoxy) is 3. The van der Waals surface area contributed by atoms with Gasteiger partial charge in [0.2, 0.25) is 0 Å². The number of thiocarbonyl (C=S) groups is 1. The lowest BCUT2D eigenvalue weighted by atomic mass is 10.1. The van der Waals surface area contributed by atoms with Crippen molar-refractivity contribution in [3.63, 3.8) is 0 Å². The van der Waals surface area contributed by atoms with Crippen LogP contribution in [0.5, 0.6) is 11.5 Å². The highest BCUT2D eigenvalue weighted by Crippen LogP contribution is 2.33. The Bertz CT molecular complexity index is 1380. The fraction of sp³-hybridized carbons (Fsp3) is 0.148. The Labute approximate surface area is 223 Å². The van der Waals surface area contributed by atoms with Gasteiger partial charge in [0, 0.05) is 10.6 Å². The van der Waals surface area contributed by atoms with Crippen LogP contribution >= 0.6 is 23.8 Å². The monoisotopic (exact) mass is 540 g/mol. The number of hydrogen-bond donors (Lipinski definition) is 0. The van der Waals surface area contributed by atoms with E-state index in [1.807, 2.05) is 0 Å². The van der Waals surface area contributed by atoms with Gasteiger partial charge in [-0.2, -0.15) is 0 Å². The predicted octanol–water partition coefficient (Wildman–Crippen LogP) is 5.21. The lowest BCUT2D eigenvalue weighted by Gasteiger charge is -2.19. The summed E-state index contributed by atoms with van der Waals surface area (Å²) in [4.78, 5) is 28.3. The Morgan fingerprint density at radius 2 is 1.78 bits per heavy atom. The first-order chi connectivity index (χ1) is 17.8. The average Bonchev–Trinajstić information content (AvgIpc) is 3.12.